The van der Waals surface area contributed by atoms with Gasteiger partial charge in [0.25, 0.3) is 5.91 Å². The minimum absolute atomic E-state index is 0.0594. The lowest BCUT2D eigenvalue weighted by molar-refractivity contribution is 0.0710. The van der Waals surface area contributed by atoms with E-state index in [0.29, 0.717) is 30.1 Å². The van der Waals surface area contributed by atoms with Gasteiger partial charge in [0.15, 0.2) is 0 Å². The van der Waals surface area contributed by atoms with Crippen molar-refractivity contribution in [1.29, 1.82) is 5.26 Å². The van der Waals surface area contributed by atoms with E-state index in [1.54, 1.807) is 24.3 Å². The lowest BCUT2D eigenvalue weighted by Gasteiger charge is -2.32. The van der Waals surface area contributed by atoms with E-state index in [2.05, 4.69) is 32.7 Å². The number of aromatic nitrogens is 3. The molecule has 27 heavy (non-hydrogen) atoms. The van der Waals surface area contributed by atoms with Gasteiger partial charge in [-0.05, 0) is 46.0 Å². The first kappa shape index (κ1) is 19.1. The molecule has 0 saturated carbocycles. The molecule has 3 rings (SSSR count). The number of likely N-dealkylation sites (tertiary alicyclic amines) is 1. The molecule has 1 aromatic heterocycles. The number of hydrogen-bond acceptors (Lipinski definition) is 5. The summed E-state index contributed by atoms with van der Waals surface area (Å²) in [5.74, 6) is 2.26. The minimum atomic E-state index is -0.0594. The first-order chi connectivity index (χ1) is 13.0. The van der Waals surface area contributed by atoms with E-state index in [9.17, 15) is 10.1 Å². The van der Waals surface area contributed by atoms with E-state index in [1.807, 2.05) is 19.0 Å². The van der Waals surface area contributed by atoms with Crippen molar-refractivity contribution in [2.24, 2.45) is 0 Å². The van der Waals surface area contributed by atoms with Gasteiger partial charge in [0.1, 0.15) is 11.6 Å². The molecule has 0 atom stereocenters. The summed E-state index contributed by atoms with van der Waals surface area (Å²) in [6, 6.07) is 9.12. The van der Waals surface area contributed by atoms with Crippen LogP contribution in [0.4, 0.5) is 0 Å². The number of amides is 1. The van der Waals surface area contributed by atoms with Crippen LogP contribution in [-0.2, 0) is 13.1 Å². The summed E-state index contributed by atoms with van der Waals surface area (Å²) in [5, 5.41) is 18.1. The van der Waals surface area contributed by atoms with Crippen LogP contribution in [0.25, 0.3) is 0 Å². The molecule has 1 fully saturated rings. The first-order valence-electron chi connectivity index (χ1n) is 9.40. The fourth-order valence-corrected chi connectivity index (χ4v) is 3.67. The van der Waals surface area contributed by atoms with Crippen LogP contribution in [0.15, 0.2) is 24.3 Å². The second-order valence-corrected chi connectivity index (χ2v) is 7.18. The Morgan fingerprint density at radius 1 is 1.26 bits per heavy atom. The van der Waals surface area contributed by atoms with Crippen LogP contribution in [0.5, 0.6) is 0 Å². The number of benzene rings is 1. The summed E-state index contributed by atoms with van der Waals surface area (Å²) in [6.07, 6.45) is 1.72. The molecule has 2 aromatic rings. The minimum Gasteiger partial charge on any atom is -0.339 e. The topological polar surface area (TPSA) is 78.1 Å². The molecule has 0 N–H and O–H groups in total. The number of nitrogens with zero attached hydrogens (tertiary/aromatic N) is 6. The third kappa shape index (κ3) is 4.01. The van der Waals surface area contributed by atoms with Crippen LogP contribution in [-0.4, -0.2) is 57.7 Å². The summed E-state index contributed by atoms with van der Waals surface area (Å²) >= 11 is 0. The van der Waals surface area contributed by atoms with Crippen LogP contribution in [0.1, 0.15) is 53.3 Å². The molecule has 142 valence electrons. The Kier molecular flexibility index (Phi) is 5.87. The van der Waals surface area contributed by atoms with Crippen molar-refractivity contribution < 1.29 is 4.79 Å². The molecule has 1 aromatic carbocycles. The molecule has 2 heterocycles. The fourth-order valence-electron chi connectivity index (χ4n) is 3.67. The zero-order chi connectivity index (χ0) is 19.4. The fraction of sp³-hybridized carbons (Fsp3) is 0.500. The standard InChI is InChI=1S/C20H26N6O/c1-4-26-18(14-24(2)3)22-23-19(26)15-9-11-25(12-10-15)20(27)17-8-6-5-7-16(17)13-21/h5-8,15H,4,9-12,14H2,1-3H3. The zero-order valence-electron chi connectivity index (χ0n) is 16.2. The Morgan fingerprint density at radius 3 is 2.59 bits per heavy atom. The highest BCUT2D eigenvalue weighted by molar-refractivity contribution is 5.96. The van der Waals surface area contributed by atoms with Crippen LogP contribution < -0.4 is 0 Å². The Morgan fingerprint density at radius 2 is 1.96 bits per heavy atom. The molecule has 0 spiro atoms. The van der Waals surface area contributed by atoms with Gasteiger partial charge in [0.2, 0.25) is 0 Å². The molecule has 0 unspecified atom stereocenters. The quantitative estimate of drug-likeness (QED) is 0.811. The molecule has 0 radical (unpaired) electrons. The van der Waals surface area contributed by atoms with Crippen molar-refractivity contribution in [2.45, 2.75) is 38.8 Å². The molecular weight excluding hydrogens is 340 g/mol. The highest BCUT2D eigenvalue weighted by atomic mass is 16.2. The average molecular weight is 366 g/mol. The van der Waals surface area contributed by atoms with Crippen molar-refractivity contribution in [3.8, 4) is 6.07 Å². The smallest absolute Gasteiger partial charge is 0.255 e. The van der Waals surface area contributed by atoms with E-state index >= 15 is 0 Å². The van der Waals surface area contributed by atoms with Crippen molar-refractivity contribution in [2.75, 3.05) is 27.2 Å². The highest BCUT2D eigenvalue weighted by Gasteiger charge is 2.29. The maximum Gasteiger partial charge on any atom is 0.255 e. The summed E-state index contributed by atoms with van der Waals surface area (Å²) < 4.78 is 2.20. The van der Waals surface area contributed by atoms with E-state index in [4.69, 9.17) is 0 Å². The lowest BCUT2D eigenvalue weighted by atomic mass is 9.95. The highest BCUT2D eigenvalue weighted by Crippen LogP contribution is 2.28. The Bertz CT molecular complexity index is 842. The molecule has 7 nitrogen and oxygen atoms in total. The van der Waals surface area contributed by atoms with Gasteiger partial charge in [-0.2, -0.15) is 5.26 Å². The second kappa shape index (κ2) is 8.31. The van der Waals surface area contributed by atoms with Gasteiger partial charge in [0.05, 0.1) is 23.7 Å². The zero-order valence-corrected chi connectivity index (χ0v) is 16.2. The first-order valence-corrected chi connectivity index (χ1v) is 9.40. The number of rotatable bonds is 5. The Labute approximate surface area is 160 Å². The summed E-state index contributed by atoms with van der Waals surface area (Å²) in [4.78, 5) is 16.7. The molecule has 7 heteroatoms. The van der Waals surface area contributed by atoms with Crippen molar-refractivity contribution >= 4 is 5.91 Å². The van der Waals surface area contributed by atoms with Gasteiger partial charge >= 0.3 is 0 Å². The molecule has 1 amide bonds. The molecule has 1 aliphatic heterocycles. The van der Waals surface area contributed by atoms with Crippen molar-refractivity contribution in [3.05, 3.63) is 47.0 Å². The monoisotopic (exact) mass is 366 g/mol. The molecule has 0 bridgehead atoms. The third-order valence-corrected chi connectivity index (χ3v) is 5.06. The molecular formula is C20H26N6O. The number of hydrogen-bond donors (Lipinski definition) is 0. The van der Waals surface area contributed by atoms with E-state index in [1.165, 1.54) is 0 Å². The van der Waals surface area contributed by atoms with Gasteiger partial charge in [-0.15, -0.1) is 10.2 Å². The SMILES string of the molecule is CCn1c(CN(C)C)nnc1C1CCN(C(=O)c2ccccc2C#N)CC1. The van der Waals surface area contributed by atoms with Gasteiger partial charge in [0, 0.05) is 25.6 Å². The Hall–Kier alpha value is -2.72. The number of piperidine rings is 1. The van der Waals surface area contributed by atoms with E-state index in [-0.39, 0.29) is 5.91 Å². The second-order valence-electron chi connectivity index (χ2n) is 7.18. The van der Waals surface area contributed by atoms with Crippen LogP contribution in [0.2, 0.25) is 0 Å². The third-order valence-electron chi connectivity index (χ3n) is 5.06. The maximum atomic E-state index is 12.8. The summed E-state index contributed by atoms with van der Waals surface area (Å²) in [6.45, 7) is 5.07. The lowest BCUT2D eigenvalue weighted by Crippen LogP contribution is -2.38. The summed E-state index contributed by atoms with van der Waals surface area (Å²) in [5.41, 5.74) is 0.923. The van der Waals surface area contributed by atoms with Gasteiger partial charge in [-0.3, -0.25) is 4.79 Å². The average Bonchev–Trinajstić information content (AvgIpc) is 3.09. The molecule has 1 saturated heterocycles. The van der Waals surface area contributed by atoms with Gasteiger partial charge < -0.3 is 14.4 Å². The maximum absolute atomic E-state index is 12.8. The number of nitriles is 1. The predicted octanol–water partition coefficient (Wildman–Crippen LogP) is 2.25. The largest absolute Gasteiger partial charge is 0.339 e. The van der Waals surface area contributed by atoms with E-state index < -0.39 is 0 Å². The van der Waals surface area contributed by atoms with Gasteiger partial charge in [-0.25, -0.2) is 0 Å². The van der Waals surface area contributed by atoms with E-state index in [0.717, 1.165) is 37.6 Å². The van der Waals surface area contributed by atoms with Crippen LogP contribution in [0.3, 0.4) is 0 Å². The molecule has 0 aliphatic carbocycles. The number of carbonyl (C=O) groups excluding carboxylic acids is 1. The van der Waals surface area contributed by atoms with Crippen molar-refractivity contribution in [1.82, 2.24) is 24.6 Å². The summed E-state index contributed by atoms with van der Waals surface area (Å²) in [7, 11) is 4.05. The number of carbonyl (C=O) groups is 1. The van der Waals surface area contributed by atoms with Crippen molar-refractivity contribution in [3.63, 3.8) is 0 Å². The van der Waals surface area contributed by atoms with Crippen LogP contribution >= 0.6 is 0 Å². The normalized spacial score (nSPS) is 15.1. The van der Waals surface area contributed by atoms with Crippen LogP contribution in [0, 0.1) is 11.3 Å². The van der Waals surface area contributed by atoms with Gasteiger partial charge in [-0.1, -0.05) is 12.1 Å². The molecule has 1 aliphatic rings. The Balaban J connectivity index is 1.70. The predicted molar refractivity (Wildman–Crippen MR) is 102 cm³/mol.